The van der Waals surface area contributed by atoms with Crippen LogP contribution < -0.4 is 21.0 Å². The van der Waals surface area contributed by atoms with Gasteiger partial charge in [-0.05, 0) is 18.2 Å². The summed E-state index contributed by atoms with van der Waals surface area (Å²) in [6.07, 6.45) is -0.485. The van der Waals surface area contributed by atoms with Crippen molar-refractivity contribution in [1.82, 2.24) is 0 Å². The van der Waals surface area contributed by atoms with Gasteiger partial charge in [-0.1, -0.05) is 45.1 Å². The van der Waals surface area contributed by atoms with Crippen molar-refractivity contribution in [2.24, 2.45) is 0 Å². The van der Waals surface area contributed by atoms with Crippen LogP contribution in [0, 0.1) is 0 Å². The van der Waals surface area contributed by atoms with Crippen molar-refractivity contribution in [3.05, 3.63) is 46.4 Å². The fourth-order valence-corrected chi connectivity index (χ4v) is 2.78. The van der Waals surface area contributed by atoms with Crippen LogP contribution in [0.1, 0.15) is 10.4 Å². The number of carbonyl (C=O) groups is 1. The molecule has 0 unspecified atom stereocenters. The first-order valence-corrected chi connectivity index (χ1v) is 9.68. The molecule has 3 N–H and O–H groups in total. The van der Waals surface area contributed by atoms with Crippen LogP contribution in [0.5, 0.6) is 5.75 Å². The fraction of sp³-hybridized carbons (Fsp3) is 0.133. The molecule has 1 amide bonds. The smallest absolute Gasteiger partial charge is 0.328 e. The summed E-state index contributed by atoms with van der Waals surface area (Å²) in [4.78, 5) is 30.3. The highest BCUT2D eigenvalue weighted by molar-refractivity contribution is 9.10. The molecule has 2 aromatic rings. The zero-order valence-electron chi connectivity index (χ0n) is 13.0. The zero-order chi connectivity index (χ0) is 18.6. The Kier molecular flexibility index (Phi) is 6.52. The van der Waals surface area contributed by atoms with Gasteiger partial charge in [-0.15, -0.1) is 0 Å². The molecular formula is C15H13B2BrNO5P. The summed E-state index contributed by atoms with van der Waals surface area (Å²) in [5.41, 5.74) is 1.39. The number of nitrogens with one attached hydrogen (secondary N) is 1. The zero-order valence-corrected chi connectivity index (χ0v) is 15.5. The van der Waals surface area contributed by atoms with Gasteiger partial charge in [0.1, 0.15) is 21.4 Å². The SMILES string of the molecule is [B]c1ccc(NC(=O)c2cc(Br)cc([B])c2OCCP(=O)(O)O)cc1. The number of rotatable bonds is 6. The van der Waals surface area contributed by atoms with Gasteiger partial charge in [0.2, 0.25) is 0 Å². The van der Waals surface area contributed by atoms with E-state index >= 15 is 0 Å². The van der Waals surface area contributed by atoms with Crippen molar-refractivity contribution in [1.29, 1.82) is 0 Å². The van der Waals surface area contributed by atoms with Crippen molar-refractivity contribution >= 4 is 61.7 Å². The summed E-state index contributed by atoms with van der Waals surface area (Å²) in [5, 5.41) is 2.68. The maximum atomic E-state index is 12.5. The van der Waals surface area contributed by atoms with Gasteiger partial charge in [0, 0.05) is 10.2 Å². The van der Waals surface area contributed by atoms with Crippen molar-refractivity contribution in [3.63, 3.8) is 0 Å². The van der Waals surface area contributed by atoms with E-state index in [1.54, 1.807) is 24.3 Å². The van der Waals surface area contributed by atoms with Crippen LogP contribution in [0.25, 0.3) is 0 Å². The molecule has 0 aliphatic heterocycles. The average molecular weight is 420 g/mol. The molecule has 0 saturated heterocycles. The standard InChI is InChI=1S/C15H13B2BrNO5P/c16-9-1-3-11(4-2-9)19-15(20)12-7-10(18)8-13(17)14(12)24-5-6-25(21,22)23/h1-4,7-8H,5-6H2,(H,19,20)(H2,21,22,23). The van der Waals surface area contributed by atoms with Gasteiger partial charge < -0.3 is 19.8 Å². The molecule has 0 aliphatic carbocycles. The lowest BCUT2D eigenvalue weighted by Gasteiger charge is -2.16. The van der Waals surface area contributed by atoms with Crippen LogP contribution >= 0.6 is 23.5 Å². The van der Waals surface area contributed by atoms with Gasteiger partial charge in [0.15, 0.2) is 0 Å². The van der Waals surface area contributed by atoms with Crippen LogP contribution in [0.4, 0.5) is 5.69 Å². The molecule has 0 atom stereocenters. The summed E-state index contributed by atoms with van der Waals surface area (Å²) >= 11 is 3.25. The molecule has 0 aromatic heterocycles. The second-order valence-electron chi connectivity index (χ2n) is 5.18. The third-order valence-electron chi connectivity index (χ3n) is 3.12. The minimum atomic E-state index is -4.21. The lowest BCUT2D eigenvalue weighted by atomic mass is 9.92. The van der Waals surface area contributed by atoms with Crippen LogP contribution in [0.2, 0.25) is 0 Å². The molecule has 0 saturated carbocycles. The first-order valence-electron chi connectivity index (χ1n) is 7.09. The molecule has 0 aliphatic rings. The third-order valence-corrected chi connectivity index (χ3v) is 4.35. The topological polar surface area (TPSA) is 95.9 Å². The Morgan fingerprint density at radius 3 is 2.44 bits per heavy atom. The average Bonchev–Trinajstić information content (AvgIpc) is 2.50. The van der Waals surface area contributed by atoms with Crippen molar-refractivity contribution in [3.8, 4) is 5.75 Å². The van der Waals surface area contributed by atoms with Gasteiger partial charge >= 0.3 is 7.60 Å². The van der Waals surface area contributed by atoms with Gasteiger partial charge in [0.05, 0.1) is 18.3 Å². The minimum Gasteiger partial charge on any atom is -0.493 e. The summed E-state index contributed by atoms with van der Waals surface area (Å²) in [6, 6.07) is 9.61. The summed E-state index contributed by atoms with van der Waals surface area (Å²) in [6.45, 7) is -0.280. The first kappa shape index (κ1) is 19.8. The Hall–Kier alpha value is -1.53. The molecular weight excluding hydrogens is 407 g/mol. The predicted octanol–water partition coefficient (Wildman–Crippen LogP) is 0.845. The molecule has 2 aromatic carbocycles. The minimum absolute atomic E-state index is 0.0598. The maximum Gasteiger partial charge on any atom is 0.328 e. The number of halogens is 1. The Bertz CT molecular complexity index is 825. The van der Waals surface area contributed by atoms with E-state index < -0.39 is 19.7 Å². The highest BCUT2D eigenvalue weighted by Gasteiger charge is 2.18. The molecule has 0 bridgehead atoms. The van der Waals surface area contributed by atoms with Crippen LogP contribution in [-0.2, 0) is 4.57 Å². The fourth-order valence-electron chi connectivity index (χ4n) is 1.98. The maximum absolute atomic E-state index is 12.5. The van der Waals surface area contributed by atoms with Crippen LogP contribution in [-0.4, -0.2) is 44.2 Å². The lowest BCUT2D eigenvalue weighted by molar-refractivity contribution is 0.102. The normalized spacial score (nSPS) is 11.2. The number of benzene rings is 2. The molecule has 0 spiro atoms. The van der Waals surface area contributed by atoms with E-state index in [1.165, 1.54) is 12.1 Å². The van der Waals surface area contributed by atoms with Gasteiger partial charge in [0.25, 0.3) is 5.91 Å². The second-order valence-corrected chi connectivity index (χ2v) is 7.88. The van der Waals surface area contributed by atoms with Crippen LogP contribution in [0.15, 0.2) is 40.9 Å². The second kappa shape index (κ2) is 8.23. The third kappa shape index (κ3) is 6.04. The Labute approximate surface area is 156 Å². The molecule has 0 fully saturated rings. The summed E-state index contributed by atoms with van der Waals surface area (Å²) < 4.78 is 16.9. The molecule has 25 heavy (non-hydrogen) atoms. The summed E-state index contributed by atoms with van der Waals surface area (Å²) in [5.74, 6) is -0.423. The Morgan fingerprint density at radius 2 is 1.84 bits per heavy atom. The quantitative estimate of drug-likeness (QED) is 0.476. The number of carbonyl (C=O) groups excluding carboxylic acids is 1. The van der Waals surface area contributed by atoms with Gasteiger partial charge in [-0.2, -0.15) is 0 Å². The highest BCUT2D eigenvalue weighted by atomic mass is 79.9. The molecule has 4 radical (unpaired) electrons. The number of hydrogen-bond donors (Lipinski definition) is 3. The number of amides is 1. The highest BCUT2D eigenvalue weighted by Crippen LogP contribution is 2.33. The van der Waals surface area contributed by atoms with Crippen molar-refractivity contribution in [2.45, 2.75) is 0 Å². The van der Waals surface area contributed by atoms with E-state index in [1.807, 2.05) is 0 Å². The van der Waals surface area contributed by atoms with E-state index in [0.29, 0.717) is 15.6 Å². The van der Waals surface area contributed by atoms with Crippen molar-refractivity contribution < 1.29 is 23.9 Å². The molecule has 0 heterocycles. The van der Waals surface area contributed by atoms with Gasteiger partial charge in [-0.25, -0.2) is 0 Å². The Balaban J connectivity index is 2.24. The van der Waals surface area contributed by atoms with Gasteiger partial charge in [-0.3, -0.25) is 9.36 Å². The number of anilines is 1. The largest absolute Gasteiger partial charge is 0.493 e. The van der Waals surface area contributed by atoms with Crippen LogP contribution in [0.3, 0.4) is 0 Å². The molecule has 2 rings (SSSR count). The predicted molar refractivity (Wildman–Crippen MR) is 102 cm³/mol. The molecule has 6 nitrogen and oxygen atoms in total. The summed E-state index contributed by atoms with van der Waals surface area (Å²) in [7, 11) is 7.27. The van der Waals surface area contributed by atoms with E-state index in [0.717, 1.165) is 0 Å². The Morgan fingerprint density at radius 1 is 1.20 bits per heavy atom. The van der Waals surface area contributed by atoms with E-state index in [9.17, 15) is 9.36 Å². The van der Waals surface area contributed by atoms with E-state index in [2.05, 4.69) is 21.2 Å². The first-order chi connectivity index (χ1) is 11.7. The number of hydrogen-bond acceptors (Lipinski definition) is 3. The lowest BCUT2D eigenvalue weighted by Crippen LogP contribution is -2.20. The van der Waals surface area contributed by atoms with E-state index in [-0.39, 0.29) is 23.4 Å². The number of ether oxygens (including phenoxy) is 1. The van der Waals surface area contributed by atoms with Crippen molar-refractivity contribution in [2.75, 3.05) is 18.1 Å². The van der Waals surface area contributed by atoms with E-state index in [4.69, 9.17) is 30.2 Å². The monoisotopic (exact) mass is 419 g/mol. The molecule has 10 heteroatoms. The molecule has 126 valence electrons.